The minimum atomic E-state index is -0.182. The maximum atomic E-state index is 12.7. The predicted molar refractivity (Wildman–Crippen MR) is 135 cm³/mol. The number of carbonyl (C=O) groups is 1. The second kappa shape index (κ2) is 9.46. The summed E-state index contributed by atoms with van der Waals surface area (Å²) in [5, 5.41) is 19.5. The summed E-state index contributed by atoms with van der Waals surface area (Å²) in [5.74, 6) is 0.220. The number of benzene rings is 2. The van der Waals surface area contributed by atoms with Crippen LogP contribution in [-0.4, -0.2) is 59.4 Å². The van der Waals surface area contributed by atoms with Crippen LogP contribution in [0.4, 0.5) is 5.69 Å². The third-order valence-electron chi connectivity index (χ3n) is 6.89. The molecule has 5 rings (SSSR count). The number of anilines is 1. The number of aromatic nitrogens is 2. The van der Waals surface area contributed by atoms with Crippen LogP contribution < -0.4 is 10.2 Å². The number of rotatable bonds is 4. The van der Waals surface area contributed by atoms with E-state index in [1.807, 2.05) is 40.8 Å². The van der Waals surface area contributed by atoms with Gasteiger partial charge in [-0.3, -0.25) is 9.48 Å². The van der Waals surface area contributed by atoms with E-state index in [2.05, 4.69) is 27.5 Å². The molecule has 0 spiro atoms. The van der Waals surface area contributed by atoms with E-state index < -0.39 is 0 Å². The molecule has 9 heteroatoms. The lowest BCUT2D eigenvalue weighted by molar-refractivity contribution is -0.133. The zero-order chi connectivity index (χ0) is 23.8. The van der Waals surface area contributed by atoms with Gasteiger partial charge in [-0.15, -0.1) is 0 Å². The lowest BCUT2D eigenvalue weighted by Gasteiger charge is -2.37. The summed E-state index contributed by atoms with van der Waals surface area (Å²) in [6, 6.07) is 13.5. The van der Waals surface area contributed by atoms with E-state index >= 15 is 0 Å². The van der Waals surface area contributed by atoms with Gasteiger partial charge in [-0.1, -0.05) is 29.3 Å². The highest BCUT2D eigenvalue weighted by molar-refractivity contribution is 6.35. The van der Waals surface area contributed by atoms with Gasteiger partial charge in [0.05, 0.1) is 17.6 Å². The van der Waals surface area contributed by atoms with E-state index in [1.165, 1.54) is 0 Å². The third-order valence-corrected chi connectivity index (χ3v) is 7.45. The number of fused-ring (bicyclic) bond motifs is 1. The van der Waals surface area contributed by atoms with Gasteiger partial charge in [0, 0.05) is 47.3 Å². The summed E-state index contributed by atoms with van der Waals surface area (Å²) in [6.45, 7) is 5.87. The first-order valence-corrected chi connectivity index (χ1v) is 12.4. The van der Waals surface area contributed by atoms with Crippen LogP contribution in [0.5, 0.6) is 0 Å². The van der Waals surface area contributed by atoms with Crippen molar-refractivity contribution in [2.75, 3.05) is 37.6 Å². The number of piperazine rings is 1. The molecule has 2 fully saturated rings. The van der Waals surface area contributed by atoms with Crippen molar-refractivity contribution >= 4 is 45.7 Å². The molecule has 3 heterocycles. The highest BCUT2D eigenvalue weighted by Crippen LogP contribution is 2.33. The van der Waals surface area contributed by atoms with E-state index in [-0.39, 0.29) is 18.0 Å². The number of nitrogens with zero attached hydrogens (tertiary/aromatic N) is 5. The summed E-state index contributed by atoms with van der Waals surface area (Å²) in [7, 11) is 0. The molecule has 2 aliphatic heterocycles. The van der Waals surface area contributed by atoms with E-state index in [1.54, 1.807) is 6.07 Å². The molecule has 2 saturated heterocycles. The van der Waals surface area contributed by atoms with E-state index in [9.17, 15) is 10.1 Å². The Hall–Kier alpha value is -2.79. The SMILES string of the molecule is CC(c1ccc(Cl)cc1Cl)n1nc(C#N)c2ccc(N3CCN(C(=O)[C@H]4CCCN4)CC3)cc21. The maximum absolute atomic E-state index is 12.7. The summed E-state index contributed by atoms with van der Waals surface area (Å²) in [5.41, 5.74) is 3.20. The predicted octanol–water partition coefficient (Wildman–Crippen LogP) is 4.22. The number of carbonyl (C=O) groups excluding carboxylic acids is 1. The van der Waals surface area contributed by atoms with E-state index in [0.29, 0.717) is 28.8 Å². The Balaban J connectivity index is 1.41. The molecule has 1 unspecified atom stereocenters. The molecule has 0 saturated carbocycles. The fraction of sp³-hybridized carbons (Fsp3) is 0.400. The van der Waals surface area contributed by atoms with Crippen LogP contribution in [0.15, 0.2) is 36.4 Å². The van der Waals surface area contributed by atoms with E-state index in [4.69, 9.17) is 23.2 Å². The molecule has 0 bridgehead atoms. The summed E-state index contributed by atoms with van der Waals surface area (Å²) in [4.78, 5) is 17.0. The lowest BCUT2D eigenvalue weighted by atomic mass is 10.1. The quantitative estimate of drug-likeness (QED) is 0.584. The molecule has 2 aromatic carbocycles. The fourth-order valence-electron chi connectivity index (χ4n) is 4.97. The maximum Gasteiger partial charge on any atom is 0.239 e. The van der Waals surface area contributed by atoms with Crippen LogP contribution in [0.25, 0.3) is 10.9 Å². The molecule has 176 valence electrons. The van der Waals surface area contributed by atoms with Gasteiger partial charge in [0.25, 0.3) is 0 Å². The number of nitriles is 1. The van der Waals surface area contributed by atoms with Crippen LogP contribution >= 0.6 is 23.2 Å². The normalized spacial score (nSPS) is 19.4. The first-order valence-electron chi connectivity index (χ1n) is 11.6. The Kier molecular flexibility index (Phi) is 6.39. The van der Waals surface area contributed by atoms with Gasteiger partial charge in [0.2, 0.25) is 5.91 Å². The minimum absolute atomic E-state index is 0.0252. The molecule has 1 aromatic heterocycles. The van der Waals surface area contributed by atoms with Crippen molar-refractivity contribution in [1.29, 1.82) is 5.26 Å². The van der Waals surface area contributed by atoms with Crippen LogP contribution in [0.2, 0.25) is 10.0 Å². The van der Waals surface area contributed by atoms with Crippen LogP contribution in [0, 0.1) is 11.3 Å². The van der Waals surface area contributed by atoms with Crippen LogP contribution in [0.1, 0.15) is 37.1 Å². The Morgan fingerprint density at radius 2 is 1.97 bits per heavy atom. The van der Waals surface area contributed by atoms with Gasteiger partial charge < -0.3 is 15.1 Å². The van der Waals surface area contributed by atoms with Crippen molar-refractivity contribution < 1.29 is 4.79 Å². The fourth-order valence-corrected chi connectivity index (χ4v) is 5.54. The smallest absolute Gasteiger partial charge is 0.239 e. The van der Waals surface area contributed by atoms with Crippen molar-refractivity contribution in [2.24, 2.45) is 0 Å². The van der Waals surface area contributed by atoms with Gasteiger partial charge in [0.15, 0.2) is 5.69 Å². The Morgan fingerprint density at radius 3 is 2.65 bits per heavy atom. The van der Waals surface area contributed by atoms with Crippen molar-refractivity contribution in [1.82, 2.24) is 20.0 Å². The molecular weight excluding hydrogens is 471 g/mol. The van der Waals surface area contributed by atoms with E-state index in [0.717, 1.165) is 54.6 Å². The average molecular weight is 497 g/mol. The standard InChI is InChI=1S/C25H26Cl2N6O/c1-16(19-6-4-17(26)13-21(19)27)33-24-14-18(5-7-20(24)23(15-28)30-33)31-9-11-32(12-10-31)25(34)22-3-2-8-29-22/h4-7,13-14,16,22,29H,2-3,8-12H2,1H3/t16?,22-/m1/s1. The highest BCUT2D eigenvalue weighted by Gasteiger charge is 2.29. The molecule has 2 atom stereocenters. The van der Waals surface area contributed by atoms with Gasteiger partial charge in [-0.25, -0.2) is 0 Å². The van der Waals surface area contributed by atoms with Crippen molar-refractivity contribution in [3.05, 3.63) is 57.7 Å². The average Bonchev–Trinajstić information content (AvgIpc) is 3.51. The molecule has 7 nitrogen and oxygen atoms in total. The molecule has 3 aromatic rings. The third kappa shape index (κ3) is 4.22. The van der Waals surface area contributed by atoms with Gasteiger partial charge in [-0.05, 0) is 62.2 Å². The molecule has 1 N–H and O–H groups in total. The summed E-state index contributed by atoms with van der Waals surface area (Å²) in [6.07, 6.45) is 1.99. The molecule has 2 aliphatic rings. The number of hydrogen-bond acceptors (Lipinski definition) is 5. The van der Waals surface area contributed by atoms with Crippen molar-refractivity contribution in [3.63, 3.8) is 0 Å². The largest absolute Gasteiger partial charge is 0.368 e. The number of amides is 1. The summed E-state index contributed by atoms with van der Waals surface area (Å²) < 4.78 is 1.86. The number of nitrogens with one attached hydrogen (secondary N) is 1. The first kappa shape index (κ1) is 23.0. The van der Waals surface area contributed by atoms with Gasteiger partial charge >= 0.3 is 0 Å². The number of halogens is 2. The zero-order valence-electron chi connectivity index (χ0n) is 19.0. The van der Waals surface area contributed by atoms with Gasteiger partial charge in [-0.2, -0.15) is 10.4 Å². The number of hydrogen-bond donors (Lipinski definition) is 1. The Morgan fingerprint density at radius 1 is 1.18 bits per heavy atom. The minimum Gasteiger partial charge on any atom is -0.368 e. The highest BCUT2D eigenvalue weighted by atomic mass is 35.5. The summed E-state index contributed by atoms with van der Waals surface area (Å²) >= 11 is 12.5. The lowest BCUT2D eigenvalue weighted by Crippen LogP contribution is -2.53. The topological polar surface area (TPSA) is 77.2 Å². The zero-order valence-corrected chi connectivity index (χ0v) is 20.5. The molecule has 0 aliphatic carbocycles. The Labute approximate surface area is 208 Å². The van der Waals surface area contributed by atoms with Crippen LogP contribution in [-0.2, 0) is 4.79 Å². The van der Waals surface area contributed by atoms with Gasteiger partial charge in [0.1, 0.15) is 6.07 Å². The Bertz CT molecular complexity index is 1270. The second-order valence-electron chi connectivity index (χ2n) is 8.91. The van der Waals surface area contributed by atoms with Crippen molar-refractivity contribution in [2.45, 2.75) is 31.8 Å². The molecule has 1 amide bonds. The molecule has 0 radical (unpaired) electrons. The monoisotopic (exact) mass is 496 g/mol. The molecule has 34 heavy (non-hydrogen) atoms. The first-order chi connectivity index (χ1) is 16.5. The van der Waals surface area contributed by atoms with Crippen LogP contribution in [0.3, 0.4) is 0 Å². The van der Waals surface area contributed by atoms with Crippen molar-refractivity contribution in [3.8, 4) is 6.07 Å². The molecular formula is C25H26Cl2N6O. The second-order valence-corrected chi connectivity index (χ2v) is 9.75.